The summed E-state index contributed by atoms with van der Waals surface area (Å²) in [7, 11) is 0. The van der Waals surface area contributed by atoms with Gasteiger partial charge in [-0.3, -0.25) is 0 Å². The molecule has 0 radical (unpaired) electrons. The predicted molar refractivity (Wildman–Crippen MR) is 130 cm³/mol. The number of rotatable bonds is 5. The molecule has 0 unspecified atom stereocenters. The van der Waals surface area contributed by atoms with Crippen molar-refractivity contribution in [1.29, 1.82) is 0 Å². The van der Waals surface area contributed by atoms with Crippen LogP contribution in [0.3, 0.4) is 0 Å². The van der Waals surface area contributed by atoms with Gasteiger partial charge in [0.1, 0.15) is 0 Å². The first-order valence-electron chi connectivity index (χ1n) is 10.4. The Kier molecular flexibility index (Phi) is 19.6. The molecule has 0 saturated carbocycles. The monoisotopic (exact) mass is 535 g/mol. The van der Waals surface area contributed by atoms with Crippen molar-refractivity contribution in [1.82, 2.24) is 4.90 Å². The number of hydrogen-bond acceptors (Lipinski definition) is 2. The molecule has 8 heteroatoms. The van der Waals surface area contributed by atoms with Crippen LogP contribution in [0.5, 0.6) is 0 Å². The maximum absolute atomic E-state index is 13.1. The summed E-state index contributed by atoms with van der Waals surface area (Å²) in [5, 5.41) is 0. The van der Waals surface area contributed by atoms with E-state index in [1.165, 1.54) is 0 Å². The molecule has 0 aliphatic carbocycles. The van der Waals surface area contributed by atoms with E-state index in [9.17, 15) is 4.79 Å². The van der Waals surface area contributed by atoms with Gasteiger partial charge < -0.3 is 0 Å². The molecule has 0 aromatic heterocycles. The van der Waals surface area contributed by atoms with Crippen molar-refractivity contribution in [2.75, 3.05) is 0 Å². The Morgan fingerprint density at radius 1 is 0.757 bits per heavy atom. The summed E-state index contributed by atoms with van der Waals surface area (Å²) in [5.74, 6) is 0. The van der Waals surface area contributed by atoms with Gasteiger partial charge in [-0.05, 0) is 0 Å². The van der Waals surface area contributed by atoms with Gasteiger partial charge in [0.25, 0.3) is 0 Å². The third kappa shape index (κ3) is 12.7. The fourth-order valence-corrected chi connectivity index (χ4v) is 3.48. The number of benzene rings is 3. The van der Waals surface area contributed by atoms with Crippen LogP contribution in [0.4, 0.5) is 4.79 Å². The van der Waals surface area contributed by atoms with Gasteiger partial charge in [0.15, 0.2) is 0 Å². The Morgan fingerprint density at radius 3 is 1.68 bits per heavy atom. The molecule has 3 aromatic rings. The summed E-state index contributed by atoms with van der Waals surface area (Å²) in [6.45, 7) is 24.1. The Balaban J connectivity index is 0. The molecule has 0 spiro atoms. The predicted octanol–water partition coefficient (Wildman–Crippen LogP) is 5.67. The van der Waals surface area contributed by atoms with E-state index in [0.29, 0.717) is 6.54 Å². The Bertz CT molecular complexity index is 1140. The van der Waals surface area contributed by atoms with Crippen LogP contribution < -0.4 is 0 Å². The van der Waals surface area contributed by atoms with Crippen LogP contribution in [0, 0.1) is 26.6 Å². The number of carbonyl (C=O) groups is 1. The van der Waals surface area contributed by atoms with Crippen LogP contribution in [-0.2, 0) is 45.7 Å². The summed E-state index contributed by atoms with van der Waals surface area (Å²) >= 11 is 3.13. The molecule has 37 heavy (non-hydrogen) atoms. The third-order valence-electron chi connectivity index (χ3n) is 4.28. The van der Waals surface area contributed by atoms with Crippen molar-refractivity contribution in [3.8, 4) is 11.1 Å². The van der Waals surface area contributed by atoms with Gasteiger partial charge in [0.05, 0.1) is 0 Å². The van der Waals surface area contributed by atoms with Gasteiger partial charge in [0.2, 0.25) is 0 Å². The topological polar surface area (TPSA) is 109 Å². The van der Waals surface area contributed by atoms with Gasteiger partial charge in [-0.15, -0.1) is 0 Å². The van der Waals surface area contributed by atoms with Crippen molar-refractivity contribution in [3.63, 3.8) is 0 Å². The number of nitrogens with zero attached hydrogens (tertiary/aromatic N) is 1. The van der Waals surface area contributed by atoms with Crippen molar-refractivity contribution in [2.45, 2.75) is 32.9 Å². The average Bonchev–Trinajstić information content (AvgIpc) is 2.96. The minimum absolute atomic E-state index is 0.377. The molecular formula is C29H25CrNO6. The summed E-state index contributed by atoms with van der Waals surface area (Å²) in [4.78, 5) is 14.8. The van der Waals surface area contributed by atoms with E-state index >= 15 is 0 Å². The van der Waals surface area contributed by atoms with Crippen LogP contribution >= 0.6 is 0 Å². The zero-order valence-electron chi connectivity index (χ0n) is 20.6. The molecule has 0 N–H and O–H groups in total. The van der Waals surface area contributed by atoms with Crippen molar-refractivity contribution < 1.29 is 44.0 Å². The van der Waals surface area contributed by atoms with E-state index in [1.54, 1.807) is 4.90 Å². The summed E-state index contributed by atoms with van der Waals surface area (Å²) in [6.07, 6.45) is -0.377. The van der Waals surface area contributed by atoms with Gasteiger partial charge in [-0.25, -0.2) is 0 Å². The van der Waals surface area contributed by atoms with E-state index < -0.39 is 5.60 Å². The average molecular weight is 536 g/mol. The molecule has 0 fully saturated rings. The zero-order valence-corrected chi connectivity index (χ0v) is 21.9. The van der Waals surface area contributed by atoms with Gasteiger partial charge in [0, 0.05) is 0 Å². The van der Waals surface area contributed by atoms with Crippen LogP contribution in [-0.4, -0.2) is 21.1 Å². The summed E-state index contributed by atoms with van der Waals surface area (Å²) < 4.78 is 36.4. The van der Waals surface area contributed by atoms with Crippen LogP contribution in [0.1, 0.15) is 31.9 Å². The number of amides is 1. The van der Waals surface area contributed by atoms with Crippen molar-refractivity contribution in [2.24, 2.45) is 0 Å². The number of hydrogen-bond donors (Lipinski definition) is 0. The molecule has 1 amide bonds. The van der Waals surface area contributed by atoms with Crippen molar-refractivity contribution in [3.05, 3.63) is 123 Å². The molecule has 0 saturated heterocycles. The molecule has 3 rings (SSSR count). The first-order valence-corrected chi connectivity index (χ1v) is 11.0. The molecule has 188 valence electrons. The summed E-state index contributed by atoms with van der Waals surface area (Å²) in [6, 6.07) is 28.2. The van der Waals surface area contributed by atoms with E-state index in [1.807, 2.05) is 87.5 Å². The van der Waals surface area contributed by atoms with E-state index in [4.69, 9.17) is 23.3 Å². The van der Waals surface area contributed by atoms with Gasteiger partial charge in [-0.1, -0.05) is 0 Å². The normalized spacial score (nSPS) is 8.84. The zero-order chi connectivity index (χ0) is 28.9. The molecule has 7 nitrogen and oxygen atoms in total. The van der Waals surface area contributed by atoms with E-state index in [2.05, 4.69) is 60.7 Å². The number of carbonyl (C=O) groups excluding carboxylic acids is 1. The Morgan fingerprint density at radius 2 is 1.19 bits per heavy atom. The van der Waals surface area contributed by atoms with Crippen LogP contribution in [0.25, 0.3) is 11.1 Å². The Labute approximate surface area is 225 Å². The molecule has 0 aliphatic heterocycles. The van der Waals surface area contributed by atoms with Gasteiger partial charge in [-0.2, -0.15) is 0 Å². The first kappa shape index (κ1) is 35.5. The maximum atomic E-state index is 13.1. The molecule has 0 aliphatic rings. The third-order valence-corrected chi connectivity index (χ3v) is 4.97. The second-order valence-electron chi connectivity index (χ2n) is 7.77. The van der Waals surface area contributed by atoms with E-state index in [0.717, 1.165) is 26.8 Å². The quantitative estimate of drug-likeness (QED) is 0.310. The standard InChI is InChI=1S/C25H25NO2.4CO.Cr/c1-25(2,3)28-24(27)26(18-20-12-6-4-7-13-20)19-22-16-10-11-17-23(22)21-14-8-5-9-15-21;4*1-2;/h4-17H,18H2,1-3H3;;;;;. The molecular weight excluding hydrogens is 510 g/mol. The fraction of sp³-hybridized carbons (Fsp3) is 0.172. The fourth-order valence-electron chi connectivity index (χ4n) is 2.99. The van der Waals surface area contributed by atoms with E-state index in [-0.39, 0.29) is 6.09 Å². The number of ether oxygens (including phenoxy) is 1. The Hall–Kier alpha value is -3.71. The molecule has 0 bridgehead atoms. The SMILES string of the molecule is CC(C)(C)OC(=O)N(Cc1ccccc1)[C](=[Cr])c1ccccc1-c1ccccc1.[C-]#[O+].[C-]#[O+].[C-]#[O+].[C-]#[O+]. The summed E-state index contributed by atoms with van der Waals surface area (Å²) in [5.41, 5.74) is 3.57. The van der Waals surface area contributed by atoms with Gasteiger partial charge >= 0.3 is 226 Å². The second kappa shape index (κ2) is 20.5. The minimum atomic E-state index is -0.578. The van der Waals surface area contributed by atoms with Crippen molar-refractivity contribution >= 4 is 10.6 Å². The second-order valence-corrected chi connectivity index (χ2v) is 8.37. The molecule has 0 atom stereocenters. The first-order chi connectivity index (χ1) is 17.8. The van der Waals surface area contributed by atoms with Crippen LogP contribution in [0.2, 0.25) is 0 Å². The van der Waals surface area contributed by atoms with Crippen LogP contribution in [0.15, 0.2) is 84.9 Å². The molecule has 0 heterocycles. The molecule has 3 aromatic carbocycles.